The van der Waals surface area contributed by atoms with Gasteiger partial charge >= 0.3 is 0 Å². The zero-order valence-electron chi connectivity index (χ0n) is 12.0. The lowest BCUT2D eigenvalue weighted by atomic mass is 9.96. The number of rotatable bonds is 4. The Hall–Kier alpha value is -1.80. The van der Waals surface area contributed by atoms with E-state index in [1.165, 1.54) is 5.56 Å². The highest BCUT2D eigenvalue weighted by molar-refractivity contribution is 6.30. The molecule has 2 aromatic carbocycles. The number of nitrogens with one attached hydrogen (secondary N) is 1. The highest BCUT2D eigenvalue weighted by atomic mass is 35.5. The van der Waals surface area contributed by atoms with Crippen LogP contribution in [0, 0.1) is 6.92 Å². The monoisotopic (exact) mass is 299 g/mol. The van der Waals surface area contributed by atoms with Crippen molar-refractivity contribution in [3.63, 3.8) is 0 Å². The molecule has 0 spiro atoms. The van der Waals surface area contributed by atoms with Crippen molar-refractivity contribution >= 4 is 17.5 Å². The van der Waals surface area contributed by atoms with Gasteiger partial charge in [-0.2, -0.15) is 0 Å². The number of benzene rings is 2. The standard InChI is InChI=1S/C18H18ClNO/c1-13-4-2-5-14(10-13)17(21)20-12-18(8-9-18)15-6-3-7-16(19)11-15/h2-7,10-11H,8-9,12H2,1H3,(H,20,21). The van der Waals surface area contributed by atoms with Crippen molar-refractivity contribution < 1.29 is 4.79 Å². The van der Waals surface area contributed by atoms with E-state index < -0.39 is 0 Å². The smallest absolute Gasteiger partial charge is 0.251 e. The Balaban J connectivity index is 1.69. The Labute approximate surface area is 130 Å². The largest absolute Gasteiger partial charge is 0.351 e. The third-order valence-electron chi connectivity index (χ3n) is 4.16. The Bertz CT molecular complexity index is 676. The SMILES string of the molecule is Cc1cccc(C(=O)NCC2(c3cccc(Cl)c3)CC2)c1. The van der Waals surface area contributed by atoms with E-state index >= 15 is 0 Å². The Morgan fingerprint density at radius 2 is 1.95 bits per heavy atom. The number of halogens is 1. The van der Waals surface area contributed by atoms with Crippen molar-refractivity contribution in [2.24, 2.45) is 0 Å². The van der Waals surface area contributed by atoms with Crippen molar-refractivity contribution in [3.8, 4) is 0 Å². The van der Waals surface area contributed by atoms with Crippen LogP contribution in [0.1, 0.15) is 34.3 Å². The maximum atomic E-state index is 12.2. The van der Waals surface area contributed by atoms with Gasteiger partial charge in [0.25, 0.3) is 5.91 Å². The fourth-order valence-electron chi connectivity index (χ4n) is 2.67. The highest BCUT2D eigenvalue weighted by Crippen LogP contribution is 2.48. The van der Waals surface area contributed by atoms with Gasteiger partial charge in [0, 0.05) is 22.5 Å². The van der Waals surface area contributed by atoms with E-state index in [4.69, 9.17) is 11.6 Å². The van der Waals surface area contributed by atoms with Crippen molar-refractivity contribution in [1.29, 1.82) is 0 Å². The van der Waals surface area contributed by atoms with Crippen LogP contribution in [0.2, 0.25) is 5.02 Å². The number of aryl methyl sites for hydroxylation is 1. The summed E-state index contributed by atoms with van der Waals surface area (Å²) in [4.78, 5) is 12.2. The molecule has 0 saturated heterocycles. The van der Waals surface area contributed by atoms with E-state index in [1.54, 1.807) is 0 Å². The van der Waals surface area contributed by atoms with Crippen molar-refractivity contribution in [2.45, 2.75) is 25.2 Å². The average molecular weight is 300 g/mol. The molecular formula is C18H18ClNO. The summed E-state index contributed by atoms with van der Waals surface area (Å²) < 4.78 is 0. The summed E-state index contributed by atoms with van der Waals surface area (Å²) in [5, 5.41) is 3.82. The second-order valence-electron chi connectivity index (χ2n) is 5.84. The molecule has 2 aromatic rings. The van der Waals surface area contributed by atoms with Gasteiger partial charge in [0.15, 0.2) is 0 Å². The molecule has 1 aliphatic rings. The van der Waals surface area contributed by atoms with Crippen LogP contribution in [0.3, 0.4) is 0 Å². The van der Waals surface area contributed by atoms with Crippen LogP contribution in [0.15, 0.2) is 48.5 Å². The van der Waals surface area contributed by atoms with Crippen LogP contribution >= 0.6 is 11.6 Å². The van der Waals surface area contributed by atoms with E-state index in [1.807, 2.05) is 49.4 Å². The molecule has 2 nitrogen and oxygen atoms in total. The zero-order chi connectivity index (χ0) is 14.9. The summed E-state index contributed by atoms with van der Waals surface area (Å²) in [6.07, 6.45) is 2.20. The molecule has 0 heterocycles. The zero-order valence-corrected chi connectivity index (χ0v) is 12.8. The molecule has 21 heavy (non-hydrogen) atoms. The first-order chi connectivity index (χ1) is 10.1. The molecule has 0 aliphatic heterocycles. The van der Waals surface area contributed by atoms with Gasteiger partial charge in [-0.3, -0.25) is 4.79 Å². The van der Waals surface area contributed by atoms with E-state index in [-0.39, 0.29) is 11.3 Å². The summed E-state index contributed by atoms with van der Waals surface area (Å²) in [6.45, 7) is 2.66. The highest BCUT2D eigenvalue weighted by Gasteiger charge is 2.44. The number of amides is 1. The molecule has 0 aromatic heterocycles. The number of carbonyl (C=O) groups is 1. The lowest BCUT2D eigenvalue weighted by Crippen LogP contribution is -2.32. The summed E-state index contributed by atoms with van der Waals surface area (Å²) in [7, 11) is 0. The van der Waals surface area contributed by atoms with Crippen LogP contribution in [0.25, 0.3) is 0 Å². The molecule has 0 bridgehead atoms. The molecule has 1 saturated carbocycles. The van der Waals surface area contributed by atoms with Gasteiger partial charge in [0.1, 0.15) is 0 Å². The number of hydrogen-bond acceptors (Lipinski definition) is 1. The van der Waals surface area contributed by atoms with Gasteiger partial charge in [-0.05, 0) is 49.6 Å². The minimum absolute atomic E-state index is 0.00740. The predicted octanol–water partition coefficient (Wildman–Crippen LogP) is 4.11. The summed E-state index contributed by atoms with van der Waals surface area (Å²) >= 11 is 6.07. The van der Waals surface area contributed by atoms with Gasteiger partial charge in [0.2, 0.25) is 0 Å². The first kappa shape index (κ1) is 14.2. The fraction of sp³-hybridized carbons (Fsp3) is 0.278. The summed E-state index contributed by atoms with van der Waals surface area (Å²) in [5.74, 6) is -0.00740. The first-order valence-electron chi connectivity index (χ1n) is 7.20. The van der Waals surface area contributed by atoms with Gasteiger partial charge < -0.3 is 5.32 Å². The third kappa shape index (κ3) is 3.11. The molecular weight excluding hydrogens is 282 g/mol. The Morgan fingerprint density at radius 1 is 1.19 bits per heavy atom. The molecule has 108 valence electrons. The van der Waals surface area contributed by atoms with E-state index in [0.29, 0.717) is 6.54 Å². The summed E-state index contributed by atoms with van der Waals surface area (Å²) in [5.41, 5.74) is 3.11. The quantitative estimate of drug-likeness (QED) is 0.904. The molecule has 0 atom stereocenters. The lowest BCUT2D eigenvalue weighted by Gasteiger charge is -2.17. The average Bonchev–Trinajstić information content (AvgIpc) is 3.26. The molecule has 3 heteroatoms. The van der Waals surface area contributed by atoms with Crippen LogP contribution < -0.4 is 5.32 Å². The molecule has 1 N–H and O–H groups in total. The maximum absolute atomic E-state index is 12.2. The minimum Gasteiger partial charge on any atom is -0.351 e. The van der Waals surface area contributed by atoms with Gasteiger partial charge in [0.05, 0.1) is 0 Å². The van der Waals surface area contributed by atoms with Gasteiger partial charge in [-0.15, -0.1) is 0 Å². The Morgan fingerprint density at radius 3 is 2.62 bits per heavy atom. The van der Waals surface area contributed by atoms with Gasteiger partial charge in [-0.25, -0.2) is 0 Å². The lowest BCUT2D eigenvalue weighted by molar-refractivity contribution is 0.0949. The van der Waals surface area contributed by atoms with E-state index in [0.717, 1.165) is 29.0 Å². The topological polar surface area (TPSA) is 29.1 Å². The number of hydrogen-bond donors (Lipinski definition) is 1. The van der Waals surface area contributed by atoms with Crippen LogP contribution in [-0.4, -0.2) is 12.5 Å². The molecule has 0 radical (unpaired) electrons. The summed E-state index contributed by atoms with van der Waals surface area (Å²) in [6, 6.07) is 15.6. The van der Waals surface area contributed by atoms with Crippen LogP contribution in [0.4, 0.5) is 0 Å². The minimum atomic E-state index is -0.00740. The Kier molecular flexibility index (Phi) is 3.73. The third-order valence-corrected chi connectivity index (χ3v) is 4.39. The van der Waals surface area contributed by atoms with Crippen molar-refractivity contribution in [2.75, 3.05) is 6.54 Å². The second-order valence-corrected chi connectivity index (χ2v) is 6.28. The molecule has 1 amide bonds. The van der Waals surface area contributed by atoms with Gasteiger partial charge in [-0.1, -0.05) is 41.4 Å². The fourth-order valence-corrected chi connectivity index (χ4v) is 2.86. The molecule has 0 unspecified atom stereocenters. The molecule has 3 rings (SSSR count). The number of carbonyl (C=O) groups excluding carboxylic acids is 1. The molecule has 1 aliphatic carbocycles. The first-order valence-corrected chi connectivity index (χ1v) is 7.58. The van der Waals surface area contributed by atoms with Crippen molar-refractivity contribution in [3.05, 3.63) is 70.2 Å². The van der Waals surface area contributed by atoms with Crippen LogP contribution in [-0.2, 0) is 5.41 Å². The second kappa shape index (κ2) is 5.53. The predicted molar refractivity (Wildman–Crippen MR) is 85.9 cm³/mol. The van der Waals surface area contributed by atoms with E-state index in [9.17, 15) is 4.79 Å². The normalized spacial score (nSPS) is 15.5. The van der Waals surface area contributed by atoms with E-state index in [2.05, 4.69) is 11.4 Å². The van der Waals surface area contributed by atoms with Crippen LogP contribution in [0.5, 0.6) is 0 Å². The van der Waals surface area contributed by atoms with Crippen molar-refractivity contribution in [1.82, 2.24) is 5.32 Å². The molecule has 1 fully saturated rings. The maximum Gasteiger partial charge on any atom is 0.251 e.